The molecule has 0 rings (SSSR count). The van der Waals surface area contributed by atoms with Gasteiger partial charge in [0.25, 0.3) is 0 Å². The Morgan fingerprint density at radius 3 is 1.31 bits per heavy atom. The molecule has 2 atom stereocenters. The monoisotopic (exact) mass is 478 g/mol. The molecule has 0 aliphatic carbocycles. The van der Waals surface area contributed by atoms with E-state index in [0.717, 1.165) is 21.3 Å². The third kappa shape index (κ3) is 5.49. The van der Waals surface area contributed by atoms with Crippen LogP contribution in [0.3, 0.4) is 0 Å². The van der Waals surface area contributed by atoms with E-state index in [4.69, 9.17) is 13.3 Å². The summed E-state index contributed by atoms with van der Waals surface area (Å²) in [5, 5.41) is 0. The fourth-order valence-corrected chi connectivity index (χ4v) is 4.25. The molecule has 0 bridgehead atoms. The van der Waals surface area contributed by atoms with E-state index in [2.05, 4.69) is 0 Å². The third-order valence-electron chi connectivity index (χ3n) is 4.25. The van der Waals surface area contributed by atoms with Gasteiger partial charge in [-0.3, -0.25) is 0 Å². The number of hydrogen-bond donors (Lipinski definition) is 0. The van der Waals surface area contributed by atoms with Gasteiger partial charge >= 0.3 is 33.0 Å². The van der Waals surface area contributed by atoms with Gasteiger partial charge in [0.2, 0.25) is 5.67 Å². The van der Waals surface area contributed by atoms with Crippen LogP contribution in [0.25, 0.3) is 0 Å². The Morgan fingerprint density at radius 2 is 1.03 bits per heavy atom. The molecule has 0 fully saturated rings. The molecular formula is C13H18F12O3Si. The predicted octanol–water partition coefficient (Wildman–Crippen LogP) is 5.48. The molecule has 0 heterocycles. The predicted molar refractivity (Wildman–Crippen MR) is 76.2 cm³/mol. The van der Waals surface area contributed by atoms with Gasteiger partial charge in [0.05, 0.1) is 0 Å². The van der Waals surface area contributed by atoms with Gasteiger partial charge in [0.15, 0.2) is 6.17 Å². The molecule has 3 nitrogen and oxygen atoms in total. The number of unbranched alkanes of at least 4 members (excludes halogenated alkanes) is 1. The zero-order chi connectivity index (χ0) is 23.5. The Bertz CT molecular complexity index is 494. The quantitative estimate of drug-likeness (QED) is 0.237. The number of hydrogen-bond acceptors (Lipinski definition) is 3. The first-order valence-electron chi connectivity index (χ1n) is 7.67. The largest absolute Gasteiger partial charge is 0.500 e. The van der Waals surface area contributed by atoms with Gasteiger partial charge in [-0.25, -0.2) is 13.2 Å². The van der Waals surface area contributed by atoms with Crippen molar-refractivity contribution in [3.63, 3.8) is 0 Å². The van der Waals surface area contributed by atoms with Gasteiger partial charge in [0.1, 0.15) is 0 Å². The van der Waals surface area contributed by atoms with Crippen LogP contribution in [-0.4, -0.2) is 66.2 Å². The minimum Gasteiger partial charge on any atom is -0.377 e. The highest BCUT2D eigenvalue weighted by Gasteiger charge is 2.83. The van der Waals surface area contributed by atoms with Crippen molar-refractivity contribution in [2.45, 2.75) is 61.3 Å². The highest BCUT2D eigenvalue weighted by molar-refractivity contribution is 6.60. The Hall–Kier alpha value is -0.743. The maximum atomic E-state index is 14.3. The molecule has 0 aliphatic rings. The molecule has 16 heteroatoms. The van der Waals surface area contributed by atoms with Gasteiger partial charge < -0.3 is 13.3 Å². The second-order valence-corrected chi connectivity index (χ2v) is 9.02. The molecule has 0 aromatic carbocycles. The van der Waals surface area contributed by atoms with Crippen molar-refractivity contribution in [1.82, 2.24) is 0 Å². The van der Waals surface area contributed by atoms with Crippen molar-refractivity contribution in [3.05, 3.63) is 0 Å². The SMILES string of the molecule is CO[Si](CCCC[C@](F)(C(F)C(F)(C(F)(F)F)C(F)(F)F)C(F)(F)F)(OC)OC. The summed E-state index contributed by atoms with van der Waals surface area (Å²) >= 11 is 0. The number of rotatable bonds is 10. The molecule has 0 aromatic heterocycles. The van der Waals surface area contributed by atoms with Crippen LogP contribution < -0.4 is 0 Å². The molecular weight excluding hydrogens is 460 g/mol. The highest BCUT2D eigenvalue weighted by atomic mass is 28.4. The summed E-state index contributed by atoms with van der Waals surface area (Å²) < 4.78 is 171. The van der Waals surface area contributed by atoms with Gasteiger partial charge in [-0.2, -0.15) is 39.5 Å². The van der Waals surface area contributed by atoms with E-state index < -0.39 is 64.1 Å². The van der Waals surface area contributed by atoms with E-state index in [1.54, 1.807) is 0 Å². The van der Waals surface area contributed by atoms with Gasteiger partial charge in [-0.1, -0.05) is 0 Å². The van der Waals surface area contributed by atoms with Crippen molar-refractivity contribution in [1.29, 1.82) is 0 Å². The summed E-state index contributed by atoms with van der Waals surface area (Å²) in [6.45, 7) is 0. The van der Waals surface area contributed by atoms with Crippen molar-refractivity contribution >= 4 is 8.80 Å². The van der Waals surface area contributed by atoms with Gasteiger partial charge in [-0.15, -0.1) is 0 Å². The minimum atomic E-state index is -7.20. The van der Waals surface area contributed by atoms with Crippen LogP contribution >= 0.6 is 0 Å². The smallest absolute Gasteiger partial charge is 0.377 e. The topological polar surface area (TPSA) is 27.7 Å². The van der Waals surface area contributed by atoms with Crippen LogP contribution in [0.2, 0.25) is 6.04 Å². The van der Waals surface area contributed by atoms with Crippen LogP contribution in [0.15, 0.2) is 0 Å². The van der Waals surface area contributed by atoms with Crippen molar-refractivity contribution in [2.75, 3.05) is 21.3 Å². The second kappa shape index (κ2) is 9.17. The average Bonchev–Trinajstić information content (AvgIpc) is 2.58. The number of alkyl halides is 12. The van der Waals surface area contributed by atoms with E-state index in [1.807, 2.05) is 0 Å². The lowest BCUT2D eigenvalue weighted by atomic mass is 9.82. The second-order valence-electron chi connectivity index (χ2n) is 5.93. The average molecular weight is 478 g/mol. The van der Waals surface area contributed by atoms with Crippen LogP contribution in [0.1, 0.15) is 19.3 Å². The number of halogens is 12. The van der Waals surface area contributed by atoms with Crippen LogP contribution in [0.5, 0.6) is 0 Å². The minimum absolute atomic E-state index is 0.319. The fraction of sp³-hybridized carbons (Fsp3) is 1.00. The molecule has 0 N–H and O–H groups in total. The molecule has 176 valence electrons. The molecule has 0 saturated heterocycles. The molecule has 0 spiro atoms. The van der Waals surface area contributed by atoms with Crippen molar-refractivity contribution in [2.24, 2.45) is 0 Å². The van der Waals surface area contributed by atoms with Crippen LogP contribution in [0.4, 0.5) is 52.7 Å². The molecule has 0 saturated carbocycles. The summed E-state index contributed by atoms with van der Waals surface area (Å²) in [7, 11) is -0.135. The lowest BCUT2D eigenvalue weighted by Crippen LogP contribution is -2.68. The zero-order valence-corrected chi connectivity index (χ0v) is 16.2. The van der Waals surface area contributed by atoms with E-state index in [1.165, 1.54) is 0 Å². The van der Waals surface area contributed by atoms with E-state index >= 15 is 0 Å². The standard InChI is InChI=1S/C13H18F12O3Si/c1-26-29(27-2,28-3)7-5-4-6-9(15,11(17,18)19)8(14)10(16,12(20,21)22)13(23,24)25/h8H,4-7H2,1-3H3/t8?,9-/m0/s1. The maximum absolute atomic E-state index is 14.3. The first-order valence-corrected chi connectivity index (χ1v) is 9.60. The Balaban J connectivity index is 5.80. The van der Waals surface area contributed by atoms with Crippen molar-refractivity contribution in [3.8, 4) is 0 Å². The summed E-state index contributed by atoms with van der Waals surface area (Å²) in [6.07, 6.45) is -30.4. The summed E-state index contributed by atoms with van der Waals surface area (Å²) in [5.74, 6) is 0. The molecule has 1 unspecified atom stereocenters. The highest BCUT2D eigenvalue weighted by Crippen LogP contribution is 2.56. The summed E-state index contributed by atoms with van der Waals surface area (Å²) in [6, 6.07) is -0.319. The lowest BCUT2D eigenvalue weighted by molar-refractivity contribution is -0.383. The lowest BCUT2D eigenvalue weighted by Gasteiger charge is -2.40. The van der Waals surface area contributed by atoms with Gasteiger partial charge in [0, 0.05) is 27.4 Å². The Kier molecular flexibility index (Phi) is 8.94. The van der Waals surface area contributed by atoms with E-state index in [0.29, 0.717) is 0 Å². The summed E-state index contributed by atoms with van der Waals surface area (Å²) in [4.78, 5) is 0. The van der Waals surface area contributed by atoms with Crippen LogP contribution in [-0.2, 0) is 13.3 Å². The van der Waals surface area contributed by atoms with Crippen molar-refractivity contribution < 1.29 is 66.0 Å². The molecule has 0 aromatic rings. The first kappa shape index (κ1) is 28.3. The molecule has 0 aliphatic heterocycles. The summed E-state index contributed by atoms with van der Waals surface area (Å²) in [5.41, 5.74) is -12.8. The third-order valence-corrected chi connectivity index (χ3v) is 7.09. The first-order chi connectivity index (χ1) is 12.8. The fourth-order valence-electron chi connectivity index (χ4n) is 2.46. The Morgan fingerprint density at radius 1 is 0.655 bits per heavy atom. The molecule has 0 amide bonds. The maximum Gasteiger partial charge on any atom is 0.500 e. The molecule has 29 heavy (non-hydrogen) atoms. The van der Waals surface area contributed by atoms with Gasteiger partial charge in [-0.05, 0) is 19.3 Å². The zero-order valence-electron chi connectivity index (χ0n) is 15.2. The Labute approximate surface area is 158 Å². The van der Waals surface area contributed by atoms with Crippen LogP contribution in [0, 0.1) is 0 Å². The molecule has 0 radical (unpaired) electrons. The normalized spacial score (nSPS) is 17.9. The van der Waals surface area contributed by atoms with E-state index in [9.17, 15) is 52.7 Å². The van der Waals surface area contributed by atoms with E-state index in [-0.39, 0.29) is 6.04 Å².